The zero-order chi connectivity index (χ0) is 30.6. The molecule has 3 rings (SSSR count). The van der Waals surface area contributed by atoms with Crippen molar-refractivity contribution in [2.75, 3.05) is 18.5 Å². The van der Waals surface area contributed by atoms with Gasteiger partial charge in [-0.2, -0.15) is 21.7 Å². The quantitative estimate of drug-likeness (QED) is 0.214. The molecule has 1 saturated heterocycles. The number of hydrogen-bond acceptors (Lipinski definition) is 10. The summed E-state index contributed by atoms with van der Waals surface area (Å²) >= 11 is 8.22. The molecular weight excluding hydrogens is 586 g/mol. The second-order valence-corrected chi connectivity index (χ2v) is 17.7. The van der Waals surface area contributed by atoms with E-state index < -0.39 is 27.0 Å². The van der Waals surface area contributed by atoms with E-state index >= 15 is 0 Å². The maximum atomic E-state index is 14.0. The van der Waals surface area contributed by atoms with Crippen molar-refractivity contribution in [3.8, 4) is 0 Å². The molecule has 1 amide bonds. The second-order valence-electron chi connectivity index (χ2n) is 11.5. The number of Topliss-reactive ketones (excluding diaryl/α,β-unsaturated/α-hetero) is 1. The normalized spacial score (nSPS) is 22.6. The van der Waals surface area contributed by atoms with E-state index in [1.165, 1.54) is 10.9 Å². The summed E-state index contributed by atoms with van der Waals surface area (Å²) in [6.45, 7) is 18.2. The summed E-state index contributed by atoms with van der Waals surface area (Å²) in [5, 5.41) is 3.45. The van der Waals surface area contributed by atoms with Crippen LogP contribution in [0.5, 0.6) is 0 Å². The number of thioether (sulfide) groups is 1. The Hall–Kier alpha value is -1.61. The molecule has 1 aliphatic heterocycles. The van der Waals surface area contributed by atoms with Gasteiger partial charge in [-0.15, -0.1) is 0 Å². The number of anilines is 1. The van der Waals surface area contributed by atoms with Crippen LogP contribution >= 0.6 is 23.4 Å². The van der Waals surface area contributed by atoms with Gasteiger partial charge < -0.3 is 18.7 Å². The van der Waals surface area contributed by atoms with Crippen LogP contribution in [-0.2, 0) is 23.5 Å². The number of halogens is 1. The highest BCUT2D eigenvalue weighted by Crippen LogP contribution is 2.41. The Morgan fingerprint density at radius 2 is 1.90 bits per heavy atom. The lowest BCUT2D eigenvalue weighted by atomic mass is 10.1. The highest BCUT2D eigenvalue weighted by molar-refractivity contribution is 8.00. The van der Waals surface area contributed by atoms with Crippen LogP contribution in [0.1, 0.15) is 75.0 Å². The number of amides is 1. The lowest BCUT2D eigenvalue weighted by molar-refractivity contribution is -0.130. The number of ether oxygens (including phenoxy) is 2. The van der Waals surface area contributed by atoms with Gasteiger partial charge in [0, 0.05) is 23.3 Å². The van der Waals surface area contributed by atoms with Crippen molar-refractivity contribution in [2.45, 2.75) is 109 Å². The standard InChI is InChI=1S/C27H44ClN5O6SSi/c1-10-37-12-19-22(39-41(36,16(6)7)18(9)11-17(8)40-15(4)5)21(34)26(38-19)33-13-29-20-23(28)30-27(31-24(20)33)32-25(35)14(2)3/h13-19,22,26,36H,10-12H2,1-9H3,(H,30,31,32,35)/t17?,18?,19?,22-,26-,41?/m1/s1. The molecule has 3 heterocycles. The molecule has 0 spiro atoms. The van der Waals surface area contributed by atoms with Gasteiger partial charge in [0.05, 0.1) is 12.9 Å². The number of imidazole rings is 1. The van der Waals surface area contributed by atoms with Gasteiger partial charge in [-0.05, 0) is 24.1 Å². The van der Waals surface area contributed by atoms with Crippen molar-refractivity contribution >= 4 is 60.7 Å². The Labute approximate surface area is 252 Å². The Balaban J connectivity index is 1.95. The first-order chi connectivity index (χ1) is 19.2. The summed E-state index contributed by atoms with van der Waals surface area (Å²) in [4.78, 5) is 51.1. The lowest BCUT2D eigenvalue weighted by Crippen LogP contribution is -2.52. The Morgan fingerprint density at radius 3 is 2.49 bits per heavy atom. The zero-order valence-electron chi connectivity index (χ0n) is 25.4. The molecule has 0 radical (unpaired) electrons. The SMILES string of the molecule is CCOCC1O[C@@H](n2cnc3c(Cl)nc(NC(=O)C(C)C)nc32)C(=O)[C@@H]1O[Si](O)(C(C)C)C(C)CC(C)SC(C)C. The summed E-state index contributed by atoms with van der Waals surface area (Å²) in [6, 6.07) is 0. The number of rotatable bonds is 14. The number of aromatic nitrogens is 4. The van der Waals surface area contributed by atoms with Crippen LogP contribution in [-0.4, -0.2) is 80.5 Å². The molecule has 1 aliphatic rings. The molecule has 2 aromatic rings. The first kappa shape index (κ1) is 33.9. The van der Waals surface area contributed by atoms with E-state index in [1.54, 1.807) is 13.8 Å². The Kier molecular flexibility index (Phi) is 11.8. The molecule has 2 N–H and O–H groups in total. The number of ketones is 1. The van der Waals surface area contributed by atoms with Gasteiger partial charge in [-0.3, -0.25) is 19.5 Å². The van der Waals surface area contributed by atoms with Crippen molar-refractivity contribution in [3.63, 3.8) is 0 Å². The molecule has 6 atom stereocenters. The van der Waals surface area contributed by atoms with Crippen molar-refractivity contribution in [3.05, 3.63) is 11.5 Å². The number of hydrogen-bond donors (Lipinski definition) is 2. The zero-order valence-corrected chi connectivity index (χ0v) is 28.0. The van der Waals surface area contributed by atoms with Crippen molar-refractivity contribution < 1.29 is 28.3 Å². The van der Waals surface area contributed by atoms with Crippen LogP contribution in [0.4, 0.5) is 5.95 Å². The predicted octanol–water partition coefficient (Wildman–Crippen LogP) is 5.12. The van der Waals surface area contributed by atoms with Crippen LogP contribution in [0.25, 0.3) is 11.2 Å². The molecule has 41 heavy (non-hydrogen) atoms. The average Bonchev–Trinajstić information content (AvgIpc) is 3.42. The van der Waals surface area contributed by atoms with Crippen LogP contribution in [0, 0.1) is 5.92 Å². The number of carbonyl (C=O) groups is 2. The number of nitrogens with zero attached hydrogens (tertiary/aromatic N) is 4. The van der Waals surface area contributed by atoms with E-state index in [-0.39, 0.29) is 57.6 Å². The molecule has 2 aromatic heterocycles. The van der Waals surface area contributed by atoms with Gasteiger partial charge in [0.15, 0.2) is 17.0 Å². The van der Waals surface area contributed by atoms with E-state index in [0.717, 1.165) is 6.42 Å². The fourth-order valence-corrected chi connectivity index (χ4v) is 9.62. The van der Waals surface area contributed by atoms with Crippen LogP contribution in [0.3, 0.4) is 0 Å². The lowest BCUT2D eigenvalue weighted by Gasteiger charge is -2.38. The van der Waals surface area contributed by atoms with E-state index in [9.17, 15) is 14.4 Å². The average molecular weight is 630 g/mol. The smallest absolute Gasteiger partial charge is 0.341 e. The van der Waals surface area contributed by atoms with E-state index in [1.807, 2.05) is 39.5 Å². The van der Waals surface area contributed by atoms with Gasteiger partial charge in [-0.1, -0.05) is 67.0 Å². The second kappa shape index (κ2) is 14.2. The molecule has 11 nitrogen and oxygen atoms in total. The Morgan fingerprint density at radius 1 is 1.22 bits per heavy atom. The number of carbonyl (C=O) groups excluding carboxylic acids is 2. The molecule has 230 valence electrons. The summed E-state index contributed by atoms with van der Waals surface area (Å²) in [5.74, 6) is -0.956. The summed E-state index contributed by atoms with van der Waals surface area (Å²) < 4.78 is 19.8. The van der Waals surface area contributed by atoms with Gasteiger partial charge in [-0.25, -0.2) is 4.98 Å². The van der Waals surface area contributed by atoms with Crippen LogP contribution in [0.2, 0.25) is 16.2 Å². The van der Waals surface area contributed by atoms with E-state index in [0.29, 0.717) is 17.1 Å². The van der Waals surface area contributed by atoms with Crippen molar-refractivity contribution in [1.82, 2.24) is 19.5 Å². The van der Waals surface area contributed by atoms with Crippen LogP contribution < -0.4 is 5.32 Å². The minimum absolute atomic E-state index is 0.00383. The third-order valence-electron chi connectivity index (χ3n) is 7.08. The molecule has 0 aromatic carbocycles. The van der Waals surface area contributed by atoms with Gasteiger partial charge >= 0.3 is 8.56 Å². The van der Waals surface area contributed by atoms with Crippen LogP contribution in [0.15, 0.2) is 6.33 Å². The highest BCUT2D eigenvalue weighted by atomic mass is 35.5. The fourth-order valence-electron chi connectivity index (χ4n) is 4.90. The minimum atomic E-state index is -3.44. The van der Waals surface area contributed by atoms with E-state index in [2.05, 4.69) is 41.0 Å². The summed E-state index contributed by atoms with van der Waals surface area (Å²) in [7, 11) is -3.44. The molecular formula is C27H44ClN5O6SSi. The van der Waals surface area contributed by atoms with Gasteiger partial charge in [0.2, 0.25) is 17.6 Å². The van der Waals surface area contributed by atoms with Crippen molar-refractivity contribution in [2.24, 2.45) is 5.92 Å². The first-order valence-electron chi connectivity index (χ1n) is 14.2. The third kappa shape index (κ3) is 7.87. The third-order valence-corrected chi connectivity index (χ3v) is 12.5. The molecule has 0 bridgehead atoms. The van der Waals surface area contributed by atoms with Crippen molar-refractivity contribution in [1.29, 1.82) is 0 Å². The highest BCUT2D eigenvalue weighted by Gasteiger charge is 2.53. The minimum Gasteiger partial charge on any atom is -0.410 e. The largest absolute Gasteiger partial charge is 0.410 e. The molecule has 14 heteroatoms. The fraction of sp³-hybridized carbons (Fsp3) is 0.741. The number of nitrogens with one attached hydrogen (secondary N) is 1. The molecule has 0 aliphatic carbocycles. The van der Waals surface area contributed by atoms with Gasteiger partial charge in [0.25, 0.3) is 0 Å². The topological polar surface area (TPSA) is 138 Å². The predicted molar refractivity (Wildman–Crippen MR) is 163 cm³/mol. The maximum Gasteiger partial charge on any atom is 0.341 e. The molecule has 4 unspecified atom stereocenters. The Bertz CT molecular complexity index is 1220. The number of fused-ring (bicyclic) bond motifs is 1. The monoisotopic (exact) mass is 629 g/mol. The van der Waals surface area contributed by atoms with E-state index in [4.69, 9.17) is 25.5 Å². The molecule has 0 saturated carbocycles. The first-order valence-corrected chi connectivity index (χ1v) is 17.6. The van der Waals surface area contributed by atoms with Gasteiger partial charge in [0.1, 0.15) is 17.7 Å². The molecule has 1 fully saturated rings. The maximum absolute atomic E-state index is 14.0. The summed E-state index contributed by atoms with van der Waals surface area (Å²) in [6.07, 6.45) is -0.782. The summed E-state index contributed by atoms with van der Waals surface area (Å²) in [5.41, 5.74) is 0.189.